The standard InChI is InChI=1S/C2H7ClO2SSi/c3-6(4,5)1-2-7/h1-2H2,7H3. The second-order valence-corrected chi connectivity index (χ2v) is 5.14. The van der Waals surface area contributed by atoms with E-state index in [1.807, 2.05) is 0 Å². The Morgan fingerprint density at radius 3 is 2.00 bits per heavy atom. The summed E-state index contributed by atoms with van der Waals surface area (Å²) in [6.45, 7) is 0. The molecule has 0 heterocycles. The summed E-state index contributed by atoms with van der Waals surface area (Å²) in [6.07, 6.45) is 0. The first-order valence-corrected chi connectivity index (χ1v) is 5.88. The first-order chi connectivity index (χ1) is 3.06. The van der Waals surface area contributed by atoms with Crippen LogP contribution in [-0.2, 0) is 9.05 Å². The van der Waals surface area contributed by atoms with Crippen molar-refractivity contribution in [3.8, 4) is 0 Å². The van der Waals surface area contributed by atoms with Gasteiger partial charge in [-0.25, -0.2) is 8.42 Å². The van der Waals surface area contributed by atoms with Crippen LogP contribution in [0.15, 0.2) is 0 Å². The van der Waals surface area contributed by atoms with Gasteiger partial charge in [-0.15, -0.1) is 0 Å². The first-order valence-electron chi connectivity index (χ1n) is 1.98. The number of halogens is 1. The Morgan fingerprint density at radius 2 is 2.00 bits per heavy atom. The van der Waals surface area contributed by atoms with Crippen molar-refractivity contribution in [1.29, 1.82) is 0 Å². The zero-order valence-corrected chi connectivity index (χ0v) is 7.59. The third-order valence-corrected chi connectivity index (χ3v) is 3.03. The van der Waals surface area contributed by atoms with E-state index in [0.717, 1.165) is 16.3 Å². The molecule has 2 nitrogen and oxygen atoms in total. The molecular weight excluding hydrogens is 152 g/mol. The van der Waals surface area contributed by atoms with Crippen LogP contribution in [0.4, 0.5) is 0 Å². The van der Waals surface area contributed by atoms with Crippen LogP contribution < -0.4 is 0 Å². The Morgan fingerprint density at radius 1 is 1.57 bits per heavy atom. The van der Waals surface area contributed by atoms with Gasteiger partial charge in [-0.3, -0.25) is 0 Å². The largest absolute Gasteiger partial charge is 0.232 e. The lowest BCUT2D eigenvalue weighted by atomic mass is 11.0. The van der Waals surface area contributed by atoms with Crippen LogP contribution >= 0.6 is 10.7 Å². The summed E-state index contributed by atoms with van der Waals surface area (Å²) in [5.41, 5.74) is 0. The monoisotopic (exact) mass is 158 g/mol. The molecule has 0 atom stereocenters. The molecule has 0 aromatic rings. The normalized spacial score (nSPS) is 12.1. The van der Waals surface area contributed by atoms with Crippen LogP contribution in [0.3, 0.4) is 0 Å². The molecule has 0 radical (unpaired) electrons. The predicted molar refractivity (Wildman–Crippen MR) is 34.4 cm³/mol. The van der Waals surface area contributed by atoms with Gasteiger partial charge in [0.2, 0.25) is 9.05 Å². The second kappa shape index (κ2) is 2.69. The van der Waals surface area contributed by atoms with Crippen molar-refractivity contribution >= 4 is 30.0 Å². The van der Waals surface area contributed by atoms with E-state index in [1.54, 1.807) is 0 Å². The summed E-state index contributed by atoms with van der Waals surface area (Å²) < 4.78 is 20.0. The Bertz CT molecular complexity index is 129. The third-order valence-electron chi connectivity index (χ3n) is 0.448. The summed E-state index contributed by atoms with van der Waals surface area (Å²) in [7, 11) is 2.57. The summed E-state index contributed by atoms with van der Waals surface area (Å²) in [4.78, 5) is 0. The van der Waals surface area contributed by atoms with E-state index in [2.05, 4.69) is 0 Å². The minimum absolute atomic E-state index is 0.140. The van der Waals surface area contributed by atoms with Crippen molar-refractivity contribution in [2.45, 2.75) is 6.04 Å². The molecule has 0 aliphatic carbocycles. The highest BCUT2D eigenvalue weighted by Gasteiger charge is 1.99. The third kappa shape index (κ3) is 6.46. The van der Waals surface area contributed by atoms with Crippen molar-refractivity contribution < 1.29 is 8.42 Å². The number of hydrogen-bond donors (Lipinski definition) is 0. The molecule has 0 saturated carbocycles. The first kappa shape index (κ1) is 7.46. The van der Waals surface area contributed by atoms with Gasteiger partial charge in [-0.2, -0.15) is 0 Å². The topological polar surface area (TPSA) is 34.1 Å². The van der Waals surface area contributed by atoms with Gasteiger partial charge in [0.05, 0.1) is 5.75 Å². The van der Waals surface area contributed by atoms with E-state index in [0.29, 0.717) is 0 Å². The van der Waals surface area contributed by atoms with Crippen molar-refractivity contribution in [3.05, 3.63) is 0 Å². The summed E-state index contributed by atoms with van der Waals surface area (Å²) >= 11 is 0. The van der Waals surface area contributed by atoms with Crippen molar-refractivity contribution in [3.63, 3.8) is 0 Å². The molecule has 0 fully saturated rings. The van der Waals surface area contributed by atoms with Crippen molar-refractivity contribution in [2.75, 3.05) is 5.75 Å². The highest BCUT2D eigenvalue weighted by atomic mass is 35.7. The zero-order valence-electron chi connectivity index (χ0n) is 4.02. The average molecular weight is 159 g/mol. The molecule has 0 aliphatic rings. The lowest BCUT2D eigenvalue weighted by molar-refractivity contribution is 0.610. The van der Waals surface area contributed by atoms with Crippen LogP contribution in [0.1, 0.15) is 0 Å². The van der Waals surface area contributed by atoms with E-state index in [4.69, 9.17) is 10.7 Å². The van der Waals surface area contributed by atoms with Gasteiger partial charge in [0.1, 0.15) is 0 Å². The van der Waals surface area contributed by atoms with Crippen LogP contribution in [0.25, 0.3) is 0 Å². The molecule has 0 aromatic carbocycles. The van der Waals surface area contributed by atoms with E-state index >= 15 is 0 Å². The SMILES string of the molecule is O=S(=O)(Cl)CC[SiH3]. The van der Waals surface area contributed by atoms with E-state index in [1.165, 1.54) is 0 Å². The van der Waals surface area contributed by atoms with Gasteiger partial charge in [0, 0.05) is 20.9 Å². The highest BCUT2D eigenvalue weighted by molar-refractivity contribution is 8.13. The quantitative estimate of drug-likeness (QED) is 0.395. The Labute approximate surface area is 50.7 Å². The van der Waals surface area contributed by atoms with Crippen LogP contribution in [0, 0.1) is 0 Å². The molecule has 0 amide bonds. The number of hydrogen-bond acceptors (Lipinski definition) is 2. The molecule has 7 heavy (non-hydrogen) atoms. The fraction of sp³-hybridized carbons (Fsp3) is 1.00. The van der Waals surface area contributed by atoms with E-state index in [9.17, 15) is 8.42 Å². The van der Waals surface area contributed by atoms with E-state index < -0.39 is 9.05 Å². The minimum atomic E-state index is -3.17. The molecule has 0 N–H and O–H groups in total. The molecule has 0 aliphatic heterocycles. The fourth-order valence-electron chi connectivity index (χ4n) is 0.244. The van der Waals surface area contributed by atoms with Gasteiger partial charge < -0.3 is 0 Å². The summed E-state index contributed by atoms with van der Waals surface area (Å²) in [5.74, 6) is 0.140. The Balaban J connectivity index is 3.60. The van der Waals surface area contributed by atoms with Crippen LogP contribution in [0.5, 0.6) is 0 Å². The molecule has 0 unspecified atom stereocenters. The molecule has 0 bridgehead atoms. The van der Waals surface area contributed by atoms with E-state index in [-0.39, 0.29) is 5.75 Å². The zero-order chi connectivity index (χ0) is 5.91. The molecular formula is C2H7ClO2SSi. The lowest BCUT2D eigenvalue weighted by Crippen LogP contribution is -1.94. The fourth-order valence-corrected chi connectivity index (χ4v) is 3.58. The molecule has 0 saturated heterocycles. The average Bonchev–Trinajstić information content (AvgIpc) is 1.30. The van der Waals surface area contributed by atoms with Crippen molar-refractivity contribution in [1.82, 2.24) is 0 Å². The molecule has 0 spiro atoms. The van der Waals surface area contributed by atoms with Gasteiger partial charge in [0.15, 0.2) is 0 Å². The Kier molecular flexibility index (Phi) is 2.86. The lowest BCUT2D eigenvalue weighted by Gasteiger charge is -1.84. The molecule has 44 valence electrons. The van der Waals surface area contributed by atoms with Crippen LogP contribution in [0.2, 0.25) is 6.04 Å². The molecule has 0 rings (SSSR count). The highest BCUT2D eigenvalue weighted by Crippen LogP contribution is 1.95. The van der Waals surface area contributed by atoms with Gasteiger partial charge in [-0.1, -0.05) is 6.04 Å². The summed E-state index contributed by atoms with van der Waals surface area (Å²) in [6, 6.07) is 0.728. The summed E-state index contributed by atoms with van der Waals surface area (Å²) in [5, 5.41) is 0. The van der Waals surface area contributed by atoms with Crippen molar-refractivity contribution in [2.24, 2.45) is 0 Å². The molecule has 5 heteroatoms. The maximum Gasteiger partial charge on any atom is 0.232 e. The van der Waals surface area contributed by atoms with Gasteiger partial charge >= 0.3 is 0 Å². The van der Waals surface area contributed by atoms with Gasteiger partial charge in [0.25, 0.3) is 0 Å². The second-order valence-electron chi connectivity index (χ2n) is 1.24. The Hall–Kier alpha value is 0.457. The minimum Gasteiger partial charge on any atom is -0.212 e. The maximum absolute atomic E-state index is 10.0. The molecule has 0 aromatic heterocycles. The number of rotatable bonds is 2. The predicted octanol–water partition coefficient (Wildman–Crippen LogP) is -0.661. The smallest absolute Gasteiger partial charge is 0.212 e. The van der Waals surface area contributed by atoms with Gasteiger partial charge in [-0.05, 0) is 0 Å². The maximum atomic E-state index is 10.0. The van der Waals surface area contributed by atoms with Crippen LogP contribution in [-0.4, -0.2) is 24.4 Å².